The van der Waals surface area contributed by atoms with Crippen molar-refractivity contribution in [2.24, 2.45) is 0 Å². The minimum absolute atomic E-state index is 0.419. The molecule has 1 aromatic rings. The van der Waals surface area contributed by atoms with E-state index in [-0.39, 0.29) is 0 Å². The number of amides is 1. The average molecular weight is 597 g/mol. The zero-order chi connectivity index (χ0) is 30.3. The van der Waals surface area contributed by atoms with Crippen molar-refractivity contribution < 1.29 is 88.9 Å². The summed E-state index contributed by atoms with van der Waals surface area (Å²) >= 11 is 0. The molecule has 1 aromatic carbocycles. The van der Waals surface area contributed by atoms with E-state index in [0.29, 0.717) is 12.1 Å². The zero-order valence-electron chi connectivity index (χ0n) is 17.5. The van der Waals surface area contributed by atoms with Crippen LogP contribution in [0.4, 0.5) is 85.1 Å². The third-order valence-corrected chi connectivity index (χ3v) is 4.25. The second-order valence-electron chi connectivity index (χ2n) is 6.78. The maximum absolute atomic E-state index is 13.7. The van der Waals surface area contributed by atoms with Gasteiger partial charge in [-0.2, -0.15) is 74.6 Å². The van der Waals surface area contributed by atoms with Gasteiger partial charge in [0, 0.05) is 11.8 Å². The fourth-order valence-corrected chi connectivity index (χ4v) is 2.18. The quantitative estimate of drug-likeness (QED) is 0.234. The van der Waals surface area contributed by atoms with Crippen molar-refractivity contribution in [1.82, 2.24) is 0 Å². The van der Waals surface area contributed by atoms with Gasteiger partial charge in [-0.1, -0.05) is 6.07 Å². The van der Waals surface area contributed by atoms with Crippen LogP contribution >= 0.6 is 0 Å². The van der Waals surface area contributed by atoms with Crippen LogP contribution in [0.3, 0.4) is 0 Å². The van der Waals surface area contributed by atoms with Gasteiger partial charge in [-0.3, -0.25) is 5.32 Å². The smallest absolute Gasteiger partial charge is 0.453 e. The minimum Gasteiger partial charge on any atom is -0.453 e. The van der Waals surface area contributed by atoms with E-state index < -0.39 is 71.1 Å². The molecule has 0 aromatic heterocycles. The molecule has 218 valence electrons. The van der Waals surface area contributed by atoms with Crippen LogP contribution in [0.5, 0.6) is 5.75 Å². The molecule has 0 atom stereocenters. The first-order valence-corrected chi connectivity index (χ1v) is 8.76. The Kier molecular flexibility index (Phi) is 8.53. The lowest BCUT2D eigenvalue weighted by molar-refractivity contribution is -0.451. The maximum atomic E-state index is 13.7. The van der Waals surface area contributed by atoms with Crippen molar-refractivity contribution in [2.75, 3.05) is 12.4 Å². The fraction of sp³-hybridized carbons (Fsp3) is 0.471. The largest absolute Gasteiger partial charge is 0.460 e. The van der Waals surface area contributed by atoms with Crippen LogP contribution in [-0.4, -0.2) is 54.9 Å². The van der Waals surface area contributed by atoms with Gasteiger partial charge < -0.3 is 9.47 Å². The van der Waals surface area contributed by atoms with E-state index in [4.69, 9.17) is 0 Å². The van der Waals surface area contributed by atoms with Crippen LogP contribution < -0.4 is 10.1 Å². The Balaban J connectivity index is 3.53. The van der Waals surface area contributed by atoms with Gasteiger partial charge in [-0.15, -0.1) is 0 Å². The summed E-state index contributed by atoms with van der Waals surface area (Å²) in [4.78, 5) is 11.0. The summed E-state index contributed by atoms with van der Waals surface area (Å²) in [5, 5.41) is 1.83. The Labute approximate surface area is 198 Å². The summed E-state index contributed by atoms with van der Waals surface area (Å²) in [6.07, 6.45) is -9.04. The fourth-order valence-electron chi connectivity index (χ4n) is 2.18. The van der Waals surface area contributed by atoms with Gasteiger partial charge in [0.15, 0.2) is 0 Å². The molecule has 0 aliphatic carbocycles. The predicted molar refractivity (Wildman–Crippen MR) is 88.1 cm³/mol. The van der Waals surface area contributed by atoms with E-state index in [9.17, 15) is 79.4 Å². The highest BCUT2D eigenvalue weighted by molar-refractivity contribution is 5.84. The molecule has 4 nitrogen and oxygen atoms in total. The molecule has 0 radical (unpaired) electrons. The average Bonchev–Trinajstić information content (AvgIpc) is 2.77. The van der Waals surface area contributed by atoms with Gasteiger partial charge in [-0.05, 0) is 12.1 Å². The lowest BCUT2D eigenvalue weighted by atomic mass is 9.91. The normalized spacial score (nSPS) is 15.1. The van der Waals surface area contributed by atoms with Crippen molar-refractivity contribution in [3.8, 4) is 5.75 Å². The number of ether oxygens (including phenoxy) is 2. The zero-order valence-corrected chi connectivity index (χ0v) is 17.5. The van der Waals surface area contributed by atoms with Crippen molar-refractivity contribution in [3.05, 3.63) is 36.1 Å². The first-order valence-electron chi connectivity index (χ1n) is 8.76. The number of allylic oxidation sites excluding steroid dienone is 1. The van der Waals surface area contributed by atoms with Gasteiger partial charge in [0.05, 0.1) is 7.11 Å². The van der Waals surface area contributed by atoms with E-state index in [1.807, 2.05) is 5.32 Å². The molecular formula is C17H8F17NO3. The van der Waals surface area contributed by atoms with Crippen LogP contribution in [0, 0.1) is 0 Å². The molecule has 0 aliphatic rings. The molecule has 0 saturated carbocycles. The summed E-state index contributed by atoms with van der Waals surface area (Å²) < 4.78 is 232. The maximum Gasteiger partial charge on any atom is 0.460 e. The highest BCUT2D eigenvalue weighted by atomic mass is 19.4. The first kappa shape index (κ1) is 32.9. The van der Waals surface area contributed by atoms with E-state index in [1.54, 1.807) is 0 Å². The van der Waals surface area contributed by atoms with E-state index in [0.717, 1.165) is 19.2 Å². The number of carbonyl (C=O) groups excluding carboxylic acids is 1. The Bertz CT molecular complexity index is 1060. The summed E-state index contributed by atoms with van der Waals surface area (Å²) in [5.74, 6) is -55.7. The topological polar surface area (TPSA) is 47.6 Å². The molecule has 21 heteroatoms. The number of halogens is 17. The van der Waals surface area contributed by atoms with Crippen LogP contribution in [0.25, 0.3) is 0 Å². The second-order valence-corrected chi connectivity index (χ2v) is 6.78. The number of rotatable bonds is 9. The Morgan fingerprint density at radius 3 is 1.61 bits per heavy atom. The van der Waals surface area contributed by atoms with Gasteiger partial charge in [0.2, 0.25) is 5.83 Å². The van der Waals surface area contributed by atoms with Crippen molar-refractivity contribution in [2.45, 2.75) is 41.7 Å². The number of nitrogens with one attached hydrogen (secondary N) is 1. The molecule has 0 spiro atoms. The van der Waals surface area contributed by atoms with Gasteiger partial charge >= 0.3 is 53.8 Å². The molecule has 0 unspecified atom stereocenters. The highest BCUT2D eigenvalue weighted by Gasteiger charge is 2.93. The third kappa shape index (κ3) is 5.09. The Morgan fingerprint density at radius 2 is 1.16 bits per heavy atom. The highest BCUT2D eigenvalue weighted by Crippen LogP contribution is 2.63. The Hall–Kier alpha value is -3.16. The van der Waals surface area contributed by atoms with E-state index in [1.165, 1.54) is 0 Å². The van der Waals surface area contributed by atoms with Gasteiger partial charge in [-0.25, -0.2) is 4.79 Å². The van der Waals surface area contributed by atoms with Crippen LogP contribution in [0.1, 0.15) is 0 Å². The number of anilines is 1. The monoisotopic (exact) mass is 597 g/mol. The lowest BCUT2D eigenvalue weighted by Crippen LogP contribution is -2.72. The summed E-state index contributed by atoms with van der Waals surface area (Å²) in [6, 6.07) is -0.979. The number of carbonyl (C=O) groups is 1. The molecule has 1 amide bonds. The molecule has 0 aliphatic heterocycles. The van der Waals surface area contributed by atoms with Crippen molar-refractivity contribution in [3.63, 3.8) is 0 Å². The van der Waals surface area contributed by atoms with E-state index >= 15 is 0 Å². The number of hydrogen-bond donors (Lipinski definition) is 1. The molecule has 1 rings (SSSR count). The number of alkyl halides is 15. The third-order valence-electron chi connectivity index (χ3n) is 4.25. The van der Waals surface area contributed by atoms with Gasteiger partial charge in [0.1, 0.15) is 5.75 Å². The molecule has 0 heterocycles. The minimum atomic E-state index is -8.67. The number of benzene rings is 1. The Morgan fingerprint density at radius 1 is 0.711 bits per heavy atom. The number of methoxy groups -OCH3 is 1. The summed E-state index contributed by atoms with van der Waals surface area (Å²) in [6.45, 7) is 0. The lowest BCUT2D eigenvalue weighted by Gasteiger charge is -2.41. The van der Waals surface area contributed by atoms with Crippen LogP contribution in [0.15, 0.2) is 36.1 Å². The first-order chi connectivity index (χ1) is 16.7. The molecular weight excluding hydrogens is 589 g/mol. The number of hydrogen-bond acceptors (Lipinski definition) is 3. The van der Waals surface area contributed by atoms with Crippen molar-refractivity contribution in [1.29, 1.82) is 0 Å². The second kappa shape index (κ2) is 9.86. The summed E-state index contributed by atoms with van der Waals surface area (Å²) in [5.41, 5.74) is -0.460. The molecule has 38 heavy (non-hydrogen) atoms. The molecule has 0 bridgehead atoms. The van der Waals surface area contributed by atoms with Crippen molar-refractivity contribution >= 4 is 11.8 Å². The van der Waals surface area contributed by atoms with E-state index in [2.05, 4.69) is 9.47 Å². The predicted octanol–water partition coefficient (Wildman–Crippen LogP) is 7.73. The van der Waals surface area contributed by atoms with Crippen LogP contribution in [0.2, 0.25) is 0 Å². The SMILES string of the molecule is COC(=O)Nc1cccc(OC(F)=C(F)C(F)(F)C(F)(F)C(F)(F)C(F)(F)C(F)(F)C(F)(F)C(F)(F)F)c1. The molecule has 1 N–H and O–H groups in total. The molecule has 0 fully saturated rings. The standard InChI is InChI=1S/C17H8F17NO3/c1-37-10(36)35-6-3-2-4-7(5-6)38-9(19)8(18)11(20,21)12(22,23)13(24,25)14(26,27)15(28,29)16(30,31)17(32,33)34/h2-5H,1H3,(H,35,36). The van der Waals surface area contributed by atoms with Crippen LogP contribution in [-0.2, 0) is 4.74 Å². The molecule has 0 saturated heterocycles. The van der Waals surface area contributed by atoms with Gasteiger partial charge in [0.25, 0.3) is 0 Å². The summed E-state index contributed by atoms with van der Waals surface area (Å²) in [7, 11) is 0.829.